The Morgan fingerprint density at radius 1 is 0.769 bits per heavy atom. The van der Waals surface area contributed by atoms with Crippen molar-refractivity contribution < 1.29 is 18.9 Å². The maximum absolute atomic E-state index is 5.71. The molecule has 2 unspecified atom stereocenters. The highest BCUT2D eigenvalue weighted by Crippen LogP contribution is 2.30. The summed E-state index contributed by atoms with van der Waals surface area (Å²) < 4.78 is 26.7. The summed E-state index contributed by atoms with van der Waals surface area (Å²) in [4.78, 5) is 0. The van der Waals surface area contributed by atoms with E-state index in [1.807, 2.05) is 22.0 Å². The Morgan fingerprint density at radius 2 is 1.19 bits per heavy atom. The first kappa shape index (κ1) is 22.7. The Balaban J connectivity index is 1.61. The third-order valence-corrected chi connectivity index (χ3v) is 6.83. The van der Waals surface area contributed by atoms with Gasteiger partial charge in [-0.3, -0.25) is 0 Å². The van der Waals surface area contributed by atoms with Gasteiger partial charge in [-0.1, -0.05) is 26.7 Å². The zero-order chi connectivity index (χ0) is 18.5. The van der Waals surface area contributed by atoms with Crippen LogP contribution in [0.1, 0.15) is 39.5 Å². The Labute approximate surface area is 167 Å². The van der Waals surface area contributed by atoms with Crippen LogP contribution in [-0.4, -0.2) is 86.6 Å². The number of epoxide rings is 2. The highest BCUT2D eigenvalue weighted by molar-refractivity contribution is 8.74. The zero-order valence-electron chi connectivity index (χ0n) is 16.4. The Kier molecular flexibility index (Phi) is 12.6. The molecule has 0 N–H and O–H groups in total. The van der Waals surface area contributed by atoms with Crippen molar-refractivity contribution >= 4 is 22.0 Å². The SMILES string of the molecule is CCCCN(CCOCC1CO1)SSN(CCCC)CCOCC1CO1. The lowest BCUT2D eigenvalue weighted by atomic mass is 10.3. The lowest BCUT2D eigenvalue weighted by molar-refractivity contribution is 0.108. The zero-order valence-corrected chi connectivity index (χ0v) is 18.0. The first-order valence-corrected chi connectivity index (χ1v) is 12.1. The molecule has 2 aliphatic heterocycles. The standard InChI is InChI=1S/C18H36N2O4S2/c1-3-5-7-19(9-11-21-13-17-15-23-17)25-26-20(8-6-4-2)10-12-22-14-18-16-24-18/h17-18H,3-16H2,1-2H3. The molecule has 2 atom stereocenters. The average molecular weight is 409 g/mol. The van der Waals surface area contributed by atoms with Crippen molar-refractivity contribution in [1.29, 1.82) is 0 Å². The van der Waals surface area contributed by atoms with Crippen LogP contribution in [0.3, 0.4) is 0 Å². The minimum absolute atomic E-state index is 0.353. The summed E-state index contributed by atoms with van der Waals surface area (Å²) in [5.74, 6) is 0. The van der Waals surface area contributed by atoms with Crippen LogP contribution in [0.25, 0.3) is 0 Å². The molecule has 2 saturated heterocycles. The van der Waals surface area contributed by atoms with Crippen molar-refractivity contribution in [3.8, 4) is 0 Å². The lowest BCUT2D eigenvalue weighted by Gasteiger charge is -2.25. The number of hydrogen-bond donors (Lipinski definition) is 0. The van der Waals surface area contributed by atoms with Crippen LogP contribution in [0.5, 0.6) is 0 Å². The normalized spacial score (nSPS) is 21.7. The van der Waals surface area contributed by atoms with E-state index in [-0.39, 0.29) is 0 Å². The van der Waals surface area contributed by atoms with Gasteiger partial charge in [0.15, 0.2) is 0 Å². The van der Waals surface area contributed by atoms with Gasteiger partial charge in [0.1, 0.15) is 12.2 Å². The van der Waals surface area contributed by atoms with Crippen LogP contribution in [0, 0.1) is 0 Å². The van der Waals surface area contributed by atoms with Gasteiger partial charge in [0.2, 0.25) is 0 Å². The molecule has 8 heteroatoms. The first-order valence-electron chi connectivity index (χ1n) is 10.0. The smallest absolute Gasteiger partial charge is 0.104 e. The summed E-state index contributed by atoms with van der Waals surface area (Å²) in [6.45, 7) is 13.4. The summed E-state index contributed by atoms with van der Waals surface area (Å²) in [6, 6.07) is 0. The molecular weight excluding hydrogens is 372 g/mol. The van der Waals surface area contributed by atoms with Crippen LogP contribution in [0.15, 0.2) is 0 Å². The van der Waals surface area contributed by atoms with E-state index in [1.165, 1.54) is 25.7 Å². The van der Waals surface area contributed by atoms with Gasteiger partial charge in [0.25, 0.3) is 0 Å². The van der Waals surface area contributed by atoms with Gasteiger partial charge in [0, 0.05) is 48.1 Å². The summed E-state index contributed by atoms with van der Waals surface area (Å²) >= 11 is 0. The molecule has 0 aromatic rings. The summed E-state index contributed by atoms with van der Waals surface area (Å²) in [5, 5.41) is 0. The molecule has 2 fully saturated rings. The van der Waals surface area contributed by atoms with Gasteiger partial charge in [0.05, 0.1) is 39.6 Å². The molecule has 0 aromatic heterocycles. The number of unbranched alkanes of at least 4 members (excludes halogenated alkanes) is 2. The van der Waals surface area contributed by atoms with E-state index in [2.05, 4.69) is 22.5 Å². The summed E-state index contributed by atoms with van der Waals surface area (Å²) in [7, 11) is 3.71. The minimum atomic E-state index is 0.353. The monoisotopic (exact) mass is 408 g/mol. The second kappa shape index (κ2) is 14.5. The maximum atomic E-state index is 5.71. The van der Waals surface area contributed by atoms with E-state index in [0.29, 0.717) is 12.2 Å². The van der Waals surface area contributed by atoms with Crippen LogP contribution in [0.2, 0.25) is 0 Å². The van der Waals surface area contributed by atoms with Gasteiger partial charge >= 0.3 is 0 Å². The molecular formula is C18H36N2O4S2. The van der Waals surface area contributed by atoms with Crippen molar-refractivity contribution in [2.45, 2.75) is 51.7 Å². The molecule has 0 amide bonds. The molecule has 0 bridgehead atoms. The van der Waals surface area contributed by atoms with Crippen molar-refractivity contribution in [2.75, 3.05) is 65.8 Å². The average Bonchev–Trinajstić information content (AvgIpc) is 3.55. The molecule has 0 aromatic carbocycles. The van der Waals surface area contributed by atoms with E-state index in [4.69, 9.17) is 18.9 Å². The van der Waals surface area contributed by atoms with Gasteiger partial charge in [-0.2, -0.15) is 0 Å². The van der Waals surface area contributed by atoms with Gasteiger partial charge in [-0.15, -0.1) is 0 Å². The Hall–Kier alpha value is 0.460. The van der Waals surface area contributed by atoms with E-state index >= 15 is 0 Å². The number of nitrogens with zero attached hydrogens (tertiary/aromatic N) is 2. The molecule has 0 radical (unpaired) electrons. The first-order chi connectivity index (χ1) is 12.8. The second-order valence-corrected chi connectivity index (χ2v) is 9.00. The molecule has 0 saturated carbocycles. The Morgan fingerprint density at radius 3 is 1.54 bits per heavy atom. The quantitative estimate of drug-likeness (QED) is 0.140. The highest BCUT2D eigenvalue weighted by atomic mass is 33.1. The van der Waals surface area contributed by atoms with Crippen molar-refractivity contribution in [3.05, 3.63) is 0 Å². The predicted molar refractivity (Wildman–Crippen MR) is 109 cm³/mol. The number of ether oxygens (including phenoxy) is 4. The third-order valence-electron chi connectivity index (χ3n) is 4.15. The van der Waals surface area contributed by atoms with Crippen LogP contribution in [-0.2, 0) is 18.9 Å². The summed E-state index contributed by atoms with van der Waals surface area (Å²) in [5.41, 5.74) is 0. The van der Waals surface area contributed by atoms with Gasteiger partial charge < -0.3 is 18.9 Å². The fraction of sp³-hybridized carbons (Fsp3) is 1.00. The molecule has 2 heterocycles. The minimum Gasteiger partial charge on any atom is -0.377 e. The Bertz CT molecular complexity index is 315. The number of hydrogen-bond acceptors (Lipinski definition) is 8. The molecule has 0 aliphatic carbocycles. The van der Waals surface area contributed by atoms with Crippen LogP contribution in [0.4, 0.5) is 0 Å². The molecule has 26 heavy (non-hydrogen) atoms. The van der Waals surface area contributed by atoms with Crippen molar-refractivity contribution in [2.24, 2.45) is 0 Å². The molecule has 0 spiro atoms. The number of rotatable bonds is 19. The molecule has 6 nitrogen and oxygen atoms in total. The van der Waals surface area contributed by atoms with E-state index in [1.54, 1.807) is 0 Å². The summed E-state index contributed by atoms with van der Waals surface area (Å²) in [6.07, 6.45) is 5.58. The van der Waals surface area contributed by atoms with E-state index < -0.39 is 0 Å². The molecule has 154 valence electrons. The fourth-order valence-electron chi connectivity index (χ4n) is 2.23. The lowest BCUT2D eigenvalue weighted by Crippen LogP contribution is -2.26. The maximum Gasteiger partial charge on any atom is 0.104 e. The van der Waals surface area contributed by atoms with E-state index in [9.17, 15) is 0 Å². The van der Waals surface area contributed by atoms with Gasteiger partial charge in [-0.05, 0) is 12.8 Å². The van der Waals surface area contributed by atoms with Crippen LogP contribution >= 0.6 is 22.0 Å². The van der Waals surface area contributed by atoms with Gasteiger partial charge in [-0.25, -0.2) is 8.61 Å². The topological polar surface area (TPSA) is 50.0 Å². The third kappa shape index (κ3) is 12.0. The highest BCUT2D eigenvalue weighted by Gasteiger charge is 2.23. The van der Waals surface area contributed by atoms with Crippen LogP contribution < -0.4 is 0 Å². The van der Waals surface area contributed by atoms with Crippen molar-refractivity contribution in [1.82, 2.24) is 8.61 Å². The van der Waals surface area contributed by atoms with E-state index in [0.717, 1.165) is 65.8 Å². The molecule has 2 rings (SSSR count). The molecule has 2 aliphatic rings. The predicted octanol–water partition coefficient (Wildman–Crippen LogP) is 3.23. The largest absolute Gasteiger partial charge is 0.377 e. The fourth-order valence-corrected chi connectivity index (χ4v) is 4.58. The van der Waals surface area contributed by atoms with Crippen molar-refractivity contribution in [3.63, 3.8) is 0 Å². The second-order valence-electron chi connectivity index (χ2n) is 6.77.